The number of ether oxygens (including phenoxy) is 3. The average molecular weight is 521 g/mol. The Hall–Kier alpha value is -3.22. The zero-order chi connectivity index (χ0) is 27.5. The lowest BCUT2D eigenvalue weighted by Crippen LogP contribution is -2.60. The maximum atomic E-state index is 12.3. The molecular formula is C26H32O11. The van der Waals surface area contributed by atoms with E-state index >= 15 is 0 Å². The number of aryl methyl sites for hydroxylation is 1. The number of allylic oxidation sites excluding steroid dienone is 1. The maximum absolute atomic E-state index is 12.3. The number of hydrogen-bond acceptors (Lipinski definition) is 11. The van der Waals surface area contributed by atoms with E-state index in [-0.39, 0.29) is 22.3 Å². The summed E-state index contributed by atoms with van der Waals surface area (Å²) in [6.45, 7) is 7.76. The molecule has 1 aromatic carbocycles. The summed E-state index contributed by atoms with van der Waals surface area (Å²) < 4.78 is 21.8. The number of aliphatic hydroxyl groups is 4. The fourth-order valence-corrected chi connectivity index (χ4v) is 3.76. The second-order valence-corrected chi connectivity index (χ2v) is 9.25. The van der Waals surface area contributed by atoms with Crippen LogP contribution in [-0.4, -0.2) is 74.4 Å². The lowest BCUT2D eigenvalue weighted by Gasteiger charge is -2.39. The van der Waals surface area contributed by atoms with Crippen LogP contribution < -0.4 is 10.2 Å². The smallest absolute Gasteiger partial charge is 0.333 e. The predicted molar refractivity (Wildman–Crippen MR) is 131 cm³/mol. The minimum atomic E-state index is -1.70. The van der Waals surface area contributed by atoms with E-state index in [1.165, 1.54) is 25.1 Å². The minimum Gasteiger partial charge on any atom is -0.507 e. The Bertz CT molecular complexity index is 1230. The molecule has 0 saturated carbocycles. The van der Waals surface area contributed by atoms with Crippen molar-refractivity contribution < 1.29 is 49.0 Å². The van der Waals surface area contributed by atoms with E-state index in [9.17, 15) is 35.1 Å². The standard InChI is InChI=1S/C26H32O11/c1-5-26(4,33)8-6-7-13(2)24(32)34-12-19-21(29)22(30)23(31)25(37-19)36-15-10-17(28)20-16(27)9-14(3)35-18(20)11-15/h5,7,9-11,19,21-23,25,28-31,33H,1,6,8,12H2,2-4H3/b13-7+/t19-,21-,22+,23-,25-,26?/m1/s1. The van der Waals surface area contributed by atoms with Crippen molar-refractivity contribution >= 4 is 16.9 Å². The molecule has 37 heavy (non-hydrogen) atoms. The number of hydrogen-bond donors (Lipinski definition) is 5. The van der Waals surface area contributed by atoms with Crippen LogP contribution >= 0.6 is 0 Å². The van der Waals surface area contributed by atoms with Crippen molar-refractivity contribution in [2.75, 3.05) is 6.61 Å². The van der Waals surface area contributed by atoms with Crippen LogP contribution in [0.25, 0.3) is 11.0 Å². The summed E-state index contributed by atoms with van der Waals surface area (Å²) in [5.41, 5.74) is -1.22. The molecule has 202 valence electrons. The van der Waals surface area contributed by atoms with Crippen LogP contribution in [0.4, 0.5) is 0 Å². The Kier molecular flexibility index (Phi) is 8.77. The summed E-state index contributed by atoms with van der Waals surface area (Å²) in [6, 6.07) is 3.65. The summed E-state index contributed by atoms with van der Waals surface area (Å²) in [6.07, 6.45) is -4.02. The van der Waals surface area contributed by atoms with Gasteiger partial charge in [0.1, 0.15) is 59.3 Å². The highest BCUT2D eigenvalue weighted by Gasteiger charge is 2.45. The molecule has 2 heterocycles. The lowest BCUT2D eigenvalue weighted by atomic mass is 9.99. The molecule has 1 fully saturated rings. The number of carbonyl (C=O) groups excluding carboxylic acids is 1. The van der Waals surface area contributed by atoms with Crippen molar-refractivity contribution in [3.05, 3.63) is 58.5 Å². The Balaban J connectivity index is 1.68. The third-order valence-corrected chi connectivity index (χ3v) is 6.07. The highest BCUT2D eigenvalue weighted by atomic mass is 16.7. The van der Waals surface area contributed by atoms with Gasteiger partial charge >= 0.3 is 5.97 Å². The molecular weight excluding hydrogens is 488 g/mol. The summed E-state index contributed by atoms with van der Waals surface area (Å²) in [5, 5.41) is 51.2. The third kappa shape index (κ3) is 6.76. The molecule has 3 rings (SSSR count). The summed E-state index contributed by atoms with van der Waals surface area (Å²) >= 11 is 0. The van der Waals surface area contributed by atoms with Gasteiger partial charge in [0.2, 0.25) is 6.29 Å². The maximum Gasteiger partial charge on any atom is 0.333 e. The molecule has 1 aliphatic heterocycles. The van der Waals surface area contributed by atoms with Crippen molar-refractivity contribution in [1.29, 1.82) is 0 Å². The van der Waals surface area contributed by atoms with Gasteiger partial charge in [-0.25, -0.2) is 4.79 Å². The second kappa shape index (κ2) is 11.4. The Morgan fingerprint density at radius 1 is 1.19 bits per heavy atom. The highest BCUT2D eigenvalue weighted by Crippen LogP contribution is 2.31. The number of fused-ring (bicyclic) bond motifs is 1. The monoisotopic (exact) mass is 520 g/mol. The van der Waals surface area contributed by atoms with Crippen LogP contribution in [0.1, 0.15) is 32.4 Å². The number of aliphatic hydroxyl groups excluding tert-OH is 3. The van der Waals surface area contributed by atoms with Crippen LogP contribution in [0.15, 0.2) is 51.7 Å². The zero-order valence-electron chi connectivity index (χ0n) is 20.8. The van der Waals surface area contributed by atoms with Crippen molar-refractivity contribution in [1.82, 2.24) is 0 Å². The summed E-state index contributed by atoms with van der Waals surface area (Å²) in [5.74, 6) is -0.860. The molecule has 11 heteroatoms. The van der Waals surface area contributed by atoms with Gasteiger partial charge in [0.05, 0.1) is 5.60 Å². The molecule has 6 atom stereocenters. The van der Waals surface area contributed by atoms with Crippen molar-refractivity contribution in [3.8, 4) is 11.5 Å². The molecule has 5 N–H and O–H groups in total. The molecule has 0 radical (unpaired) electrons. The van der Waals surface area contributed by atoms with Crippen LogP contribution in [0.2, 0.25) is 0 Å². The Labute approximate surface area is 212 Å². The van der Waals surface area contributed by atoms with Gasteiger partial charge in [0.15, 0.2) is 5.43 Å². The van der Waals surface area contributed by atoms with Gasteiger partial charge in [-0.1, -0.05) is 12.2 Å². The van der Waals surface area contributed by atoms with Crippen molar-refractivity contribution in [3.63, 3.8) is 0 Å². The zero-order valence-corrected chi connectivity index (χ0v) is 20.8. The number of benzene rings is 1. The van der Waals surface area contributed by atoms with E-state index in [4.69, 9.17) is 18.6 Å². The molecule has 0 aliphatic carbocycles. The quantitative estimate of drug-likeness (QED) is 0.182. The first-order valence-electron chi connectivity index (χ1n) is 11.7. The summed E-state index contributed by atoms with van der Waals surface area (Å²) in [7, 11) is 0. The number of phenols is 1. The first-order chi connectivity index (χ1) is 17.3. The Morgan fingerprint density at radius 3 is 2.57 bits per heavy atom. The van der Waals surface area contributed by atoms with Gasteiger partial charge in [0.25, 0.3) is 0 Å². The molecule has 11 nitrogen and oxygen atoms in total. The molecule has 1 saturated heterocycles. The van der Waals surface area contributed by atoms with E-state index in [0.717, 1.165) is 6.07 Å². The van der Waals surface area contributed by atoms with E-state index in [1.54, 1.807) is 19.9 Å². The SMILES string of the molecule is C=CC(C)(O)CC/C=C(\C)C(=O)OC[C@H]1O[C@@H](Oc2cc(O)c3c(=O)cc(C)oc3c2)[C@H](O)[C@@H](O)[C@@H]1O. The topological polar surface area (TPSA) is 176 Å². The molecule has 1 aliphatic rings. The lowest BCUT2D eigenvalue weighted by molar-refractivity contribution is -0.278. The average Bonchev–Trinajstić information content (AvgIpc) is 2.82. The van der Waals surface area contributed by atoms with Crippen molar-refractivity contribution in [2.45, 2.75) is 69.9 Å². The molecule has 1 aromatic heterocycles. The number of esters is 1. The van der Waals surface area contributed by atoms with E-state index in [1.807, 2.05) is 0 Å². The second-order valence-electron chi connectivity index (χ2n) is 9.25. The van der Waals surface area contributed by atoms with E-state index in [2.05, 4.69) is 6.58 Å². The van der Waals surface area contributed by atoms with Crippen LogP contribution in [0.5, 0.6) is 11.5 Å². The summed E-state index contributed by atoms with van der Waals surface area (Å²) in [4.78, 5) is 24.5. The van der Waals surface area contributed by atoms with Gasteiger partial charge in [0, 0.05) is 23.8 Å². The normalized spacial score (nSPS) is 25.9. The fraction of sp³-hybridized carbons (Fsp3) is 0.462. The van der Waals surface area contributed by atoms with Gasteiger partial charge in [-0.2, -0.15) is 0 Å². The fourth-order valence-electron chi connectivity index (χ4n) is 3.76. The number of phenolic OH excluding ortho intramolecular Hbond substituents is 1. The largest absolute Gasteiger partial charge is 0.507 e. The number of aromatic hydroxyl groups is 1. The molecule has 1 unspecified atom stereocenters. The van der Waals surface area contributed by atoms with Crippen LogP contribution in [0, 0.1) is 6.92 Å². The molecule has 2 aromatic rings. The molecule has 0 bridgehead atoms. The number of carbonyl (C=O) groups is 1. The highest BCUT2D eigenvalue weighted by molar-refractivity contribution is 5.87. The number of rotatable bonds is 9. The van der Waals surface area contributed by atoms with Gasteiger partial charge in [-0.15, -0.1) is 6.58 Å². The first kappa shape index (κ1) is 28.4. The van der Waals surface area contributed by atoms with Gasteiger partial charge in [-0.05, 0) is 33.6 Å². The van der Waals surface area contributed by atoms with Gasteiger partial charge < -0.3 is 44.2 Å². The van der Waals surface area contributed by atoms with Gasteiger partial charge in [-0.3, -0.25) is 4.79 Å². The molecule has 0 amide bonds. The Morgan fingerprint density at radius 2 is 1.89 bits per heavy atom. The minimum absolute atomic E-state index is 0.0354. The van der Waals surface area contributed by atoms with Crippen LogP contribution in [-0.2, 0) is 14.3 Å². The van der Waals surface area contributed by atoms with Crippen LogP contribution in [0.3, 0.4) is 0 Å². The van der Waals surface area contributed by atoms with E-state index in [0.29, 0.717) is 18.6 Å². The molecule has 0 spiro atoms. The predicted octanol–water partition coefficient (Wildman–Crippen LogP) is 1.20. The third-order valence-electron chi connectivity index (χ3n) is 6.07. The van der Waals surface area contributed by atoms with Crippen molar-refractivity contribution in [2.24, 2.45) is 0 Å². The van der Waals surface area contributed by atoms with E-state index < -0.39 is 60.1 Å². The first-order valence-corrected chi connectivity index (χ1v) is 11.7.